The largest absolute Gasteiger partial charge is 0.357 e. The van der Waals surface area contributed by atoms with Crippen LogP contribution >= 0.6 is 0 Å². The van der Waals surface area contributed by atoms with E-state index >= 15 is 0 Å². The molecule has 0 spiro atoms. The maximum atomic E-state index is 3.48. The third-order valence-electron chi connectivity index (χ3n) is 3.74. The summed E-state index contributed by atoms with van der Waals surface area (Å²) < 4.78 is 0. The minimum Gasteiger partial charge on any atom is -0.357 e. The number of fused-ring (bicyclic) bond motifs is 3. The smallest absolute Gasteiger partial charge is 0.0501 e. The molecule has 0 radical (unpaired) electrons. The summed E-state index contributed by atoms with van der Waals surface area (Å²) >= 11 is 0. The second-order valence-electron chi connectivity index (χ2n) is 5.11. The van der Waals surface area contributed by atoms with Crippen LogP contribution in [0.5, 0.6) is 0 Å². The molecule has 2 aliphatic carbocycles. The molecule has 1 N–H and O–H groups in total. The average molecular weight is 267 g/mol. The minimum atomic E-state index is 0.751. The summed E-state index contributed by atoms with van der Waals surface area (Å²) in [7, 11) is 0. The molecule has 98 valence electrons. The molecule has 21 heavy (non-hydrogen) atoms. The van der Waals surface area contributed by atoms with E-state index in [-0.39, 0.29) is 0 Å². The first kappa shape index (κ1) is 11.9. The Bertz CT molecular complexity index is 940. The minimum absolute atomic E-state index is 0.751. The first-order valence-corrected chi connectivity index (χ1v) is 7.08. The Kier molecular flexibility index (Phi) is 2.77. The summed E-state index contributed by atoms with van der Waals surface area (Å²) in [6, 6.07) is 8.39. The maximum Gasteiger partial charge on any atom is 0.0501 e. The van der Waals surface area contributed by atoms with E-state index in [0.717, 1.165) is 24.0 Å². The zero-order valence-electron chi connectivity index (χ0n) is 11.5. The number of aromatic amines is 1. The predicted molar refractivity (Wildman–Crippen MR) is 87.4 cm³/mol. The van der Waals surface area contributed by atoms with Crippen molar-refractivity contribution in [2.24, 2.45) is 0 Å². The van der Waals surface area contributed by atoms with Crippen LogP contribution in [-0.4, -0.2) is 4.98 Å². The summed E-state index contributed by atoms with van der Waals surface area (Å²) in [6.07, 6.45) is 9.90. The van der Waals surface area contributed by atoms with E-state index < -0.39 is 0 Å². The first-order valence-electron chi connectivity index (χ1n) is 7.08. The Morgan fingerprint density at radius 2 is 1.90 bits per heavy atom. The van der Waals surface area contributed by atoms with Gasteiger partial charge in [0.25, 0.3) is 0 Å². The highest BCUT2D eigenvalue weighted by Crippen LogP contribution is 2.28. The number of allylic oxidation sites excluding steroid dienone is 5. The van der Waals surface area contributed by atoms with Gasteiger partial charge in [-0.15, -0.1) is 0 Å². The third-order valence-corrected chi connectivity index (χ3v) is 3.74. The van der Waals surface area contributed by atoms with E-state index in [4.69, 9.17) is 0 Å². The standard InChI is InChI=1S/C20H13N/c1-2-4-9-15(8-3-1)16-10-7-13-20-18(14-16)17-11-5-6-12-19(17)21-20/h1,3,5-6,8,11-12,14,21H,2,13H2. The normalized spacial score (nSPS) is 15.6. The molecular weight excluding hydrogens is 254 g/mol. The molecule has 0 bridgehead atoms. The van der Waals surface area contributed by atoms with Crippen LogP contribution in [0.1, 0.15) is 17.7 Å². The molecule has 0 atom stereocenters. The van der Waals surface area contributed by atoms with Gasteiger partial charge in [-0.2, -0.15) is 0 Å². The van der Waals surface area contributed by atoms with Crippen molar-refractivity contribution in [3.8, 4) is 23.7 Å². The quantitative estimate of drug-likeness (QED) is 0.752. The zero-order chi connectivity index (χ0) is 14.1. The van der Waals surface area contributed by atoms with Gasteiger partial charge < -0.3 is 4.98 Å². The summed E-state index contributed by atoms with van der Waals surface area (Å²) in [5.41, 5.74) is 5.61. The molecule has 0 aliphatic heterocycles. The van der Waals surface area contributed by atoms with Crippen LogP contribution in [0.2, 0.25) is 0 Å². The highest BCUT2D eigenvalue weighted by atomic mass is 14.7. The Hall–Kier alpha value is -2.90. The molecular formula is C20H13N. The highest BCUT2D eigenvalue weighted by molar-refractivity contribution is 5.93. The summed E-state index contributed by atoms with van der Waals surface area (Å²) in [4.78, 5) is 3.48. The summed E-state index contributed by atoms with van der Waals surface area (Å²) in [5.74, 6) is 12.9. The van der Waals surface area contributed by atoms with Gasteiger partial charge in [0, 0.05) is 39.7 Å². The van der Waals surface area contributed by atoms with Crippen molar-refractivity contribution in [1.82, 2.24) is 4.98 Å². The number of para-hydroxylation sites is 1. The maximum absolute atomic E-state index is 3.48. The second kappa shape index (κ2) is 4.89. The number of rotatable bonds is 1. The number of aromatic nitrogens is 1. The molecule has 1 aromatic heterocycles. The Balaban J connectivity index is 1.92. The fraction of sp³-hybridized carbons (Fsp3) is 0.100. The second-order valence-corrected chi connectivity index (χ2v) is 5.11. The average Bonchev–Trinajstić information content (AvgIpc) is 2.72. The highest BCUT2D eigenvalue weighted by Gasteiger charge is 2.12. The number of H-pyrrole nitrogens is 1. The van der Waals surface area contributed by atoms with Crippen LogP contribution in [0.25, 0.3) is 17.0 Å². The van der Waals surface area contributed by atoms with E-state index in [9.17, 15) is 0 Å². The Morgan fingerprint density at radius 1 is 1.00 bits per heavy atom. The molecule has 1 heteroatoms. The molecule has 0 fully saturated rings. The topological polar surface area (TPSA) is 15.8 Å². The molecule has 0 saturated carbocycles. The molecule has 1 aromatic carbocycles. The van der Waals surface area contributed by atoms with Crippen molar-refractivity contribution >= 4 is 17.0 Å². The molecule has 1 nitrogen and oxygen atoms in total. The third kappa shape index (κ3) is 2.10. The van der Waals surface area contributed by atoms with Gasteiger partial charge in [-0.25, -0.2) is 0 Å². The number of benzene rings is 1. The zero-order valence-corrected chi connectivity index (χ0v) is 11.5. The predicted octanol–water partition coefficient (Wildman–Crippen LogP) is 4.00. The monoisotopic (exact) mass is 267 g/mol. The molecule has 2 aromatic rings. The number of hydrogen-bond acceptors (Lipinski definition) is 0. The fourth-order valence-corrected chi connectivity index (χ4v) is 2.71. The first-order chi connectivity index (χ1) is 10.4. The molecule has 0 amide bonds. The van der Waals surface area contributed by atoms with Crippen LogP contribution in [0.4, 0.5) is 0 Å². The van der Waals surface area contributed by atoms with E-state index in [2.05, 4.69) is 71.2 Å². The lowest BCUT2D eigenvalue weighted by molar-refractivity contribution is 1.20. The lowest BCUT2D eigenvalue weighted by atomic mass is 10.0. The molecule has 4 rings (SSSR count). The van der Waals surface area contributed by atoms with Gasteiger partial charge in [0.1, 0.15) is 0 Å². The lowest BCUT2D eigenvalue weighted by Gasteiger charge is -1.99. The van der Waals surface area contributed by atoms with E-state index in [0.29, 0.717) is 0 Å². The van der Waals surface area contributed by atoms with E-state index in [1.807, 2.05) is 6.08 Å². The van der Waals surface area contributed by atoms with Crippen molar-refractivity contribution in [2.45, 2.75) is 12.8 Å². The lowest BCUT2D eigenvalue weighted by Crippen LogP contribution is -1.84. The number of nitrogens with one attached hydrogen (secondary N) is 1. The van der Waals surface area contributed by atoms with Crippen molar-refractivity contribution < 1.29 is 0 Å². The molecule has 1 heterocycles. The number of hydrogen-bond donors (Lipinski definition) is 1. The SMILES string of the molecule is C1#CC(C2=Cc3c([nH]c4ccccc34)CC#C2)=CC=CC1. The van der Waals surface area contributed by atoms with Crippen LogP contribution in [0.15, 0.2) is 53.6 Å². The fourth-order valence-electron chi connectivity index (χ4n) is 2.71. The molecule has 0 saturated heterocycles. The van der Waals surface area contributed by atoms with Gasteiger partial charge in [-0.1, -0.05) is 54.0 Å². The van der Waals surface area contributed by atoms with Crippen molar-refractivity contribution in [3.05, 3.63) is 64.9 Å². The van der Waals surface area contributed by atoms with Gasteiger partial charge in [0.15, 0.2) is 0 Å². The van der Waals surface area contributed by atoms with Crippen LogP contribution in [-0.2, 0) is 6.42 Å². The van der Waals surface area contributed by atoms with Crippen molar-refractivity contribution in [3.63, 3.8) is 0 Å². The van der Waals surface area contributed by atoms with Gasteiger partial charge in [0.05, 0.1) is 6.42 Å². The van der Waals surface area contributed by atoms with E-state index in [1.165, 1.54) is 22.2 Å². The van der Waals surface area contributed by atoms with Crippen LogP contribution in [0.3, 0.4) is 0 Å². The molecule has 0 unspecified atom stereocenters. The van der Waals surface area contributed by atoms with Crippen molar-refractivity contribution in [2.75, 3.05) is 0 Å². The van der Waals surface area contributed by atoms with Crippen LogP contribution in [0, 0.1) is 23.7 Å². The summed E-state index contributed by atoms with van der Waals surface area (Å²) in [5, 5.41) is 1.24. The summed E-state index contributed by atoms with van der Waals surface area (Å²) in [6.45, 7) is 0. The van der Waals surface area contributed by atoms with Gasteiger partial charge >= 0.3 is 0 Å². The Morgan fingerprint density at radius 3 is 2.90 bits per heavy atom. The Labute approximate surface area is 124 Å². The van der Waals surface area contributed by atoms with Gasteiger partial charge in [0.2, 0.25) is 0 Å². The van der Waals surface area contributed by atoms with Crippen LogP contribution < -0.4 is 0 Å². The molecule has 2 aliphatic rings. The van der Waals surface area contributed by atoms with Crippen molar-refractivity contribution in [1.29, 1.82) is 0 Å². The van der Waals surface area contributed by atoms with Gasteiger partial charge in [-0.05, 0) is 18.2 Å². The van der Waals surface area contributed by atoms with Gasteiger partial charge in [-0.3, -0.25) is 0 Å². The van der Waals surface area contributed by atoms with E-state index in [1.54, 1.807) is 0 Å².